The van der Waals surface area contributed by atoms with Crippen LogP contribution in [0.4, 0.5) is 0 Å². The second-order valence-electron chi connectivity index (χ2n) is 8.11. The Labute approximate surface area is 155 Å². The van der Waals surface area contributed by atoms with Crippen LogP contribution >= 0.6 is 0 Å². The number of nitrogens with zero attached hydrogens (tertiary/aromatic N) is 4. The number of aryl methyl sites for hydroxylation is 1. The molecule has 1 amide bonds. The number of aromatic nitrogens is 2. The summed E-state index contributed by atoms with van der Waals surface area (Å²) in [6.07, 6.45) is 6.63. The van der Waals surface area contributed by atoms with Crippen molar-refractivity contribution in [2.45, 2.75) is 25.8 Å². The molecule has 3 aliphatic rings. The maximum absolute atomic E-state index is 13.0. The molecule has 1 atom stereocenters. The van der Waals surface area contributed by atoms with Crippen molar-refractivity contribution < 1.29 is 14.3 Å². The van der Waals surface area contributed by atoms with Crippen molar-refractivity contribution in [3.8, 4) is 0 Å². The highest BCUT2D eigenvalue weighted by Crippen LogP contribution is 2.35. The van der Waals surface area contributed by atoms with Gasteiger partial charge in [0.1, 0.15) is 5.82 Å². The lowest BCUT2D eigenvalue weighted by molar-refractivity contribution is -0.139. The lowest BCUT2D eigenvalue weighted by Crippen LogP contribution is -2.46. The normalized spacial score (nSPS) is 28.6. The molecular formula is C19H30N4O3. The lowest BCUT2D eigenvalue weighted by atomic mass is 9.87. The predicted molar refractivity (Wildman–Crippen MR) is 96.5 cm³/mol. The molecule has 1 aromatic heterocycles. The van der Waals surface area contributed by atoms with Gasteiger partial charge in [0.2, 0.25) is 5.91 Å². The second kappa shape index (κ2) is 7.66. The van der Waals surface area contributed by atoms with Crippen molar-refractivity contribution in [2.75, 3.05) is 52.6 Å². The third kappa shape index (κ3) is 3.80. The standard InChI is InChI=1S/C19H30N4O3/c1-21-7-5-20-17(21)12-22-6-4-19(13-22)14-23(8-11-26-15-19)18(24)16-2-9-25-10-3-16/h5,7,16H,2-4,6,8-15H2,1H3/t19-/m1/s1. The van der Waals surface area contributed by atoms with Crippen LogP contribution in [0, 0.1) is 11.3 Å². The van der Waals surface area contributed by atoms with Gasteiger partial charge in [-0.25, -0.2) is 4.98 Å². The molecule has 7 nitrogen and oxygen atoms in total. The summed E-state index contributed by atoms with van der Waals surface area (Å²) >= 11 is 0. The van der Waals surface area contributed by atoms with Crippen LogP contribution in [0.1, 0.15) is 25.1 Å². The molecule has 0 N–H and O–H groups in total. The highest BCUT2D eigenvalue weighted by Gasteiger charge is 2.43. The minimum Gasteiger partial charge on any atom is -0.381 e. The Morgan fingerprint density at radius 2 is 2.08 bits per heavy atom. The smallest absolute Gasteiger partial charge is 0.225 e. The van der Waals surface area contributed by atoms with E-state index in [0.717, 1.165) is 64.4 Å². The van der Waals surface area contributed by atoms with Gasteiger partial charge in [0, 0.05) is 63.6 Å². The Hall–Kier alpha value is -1.44. The summed E-state index contributed by atoms with van der Waals surface area (Å²) in [5, 5.41) is 0. The van der Waals surface area contributed by atoms with E-state index in [-0.39, 0.29) is 11.3 Å². The zero-order chi connectivity index (χ0) is 18.0. The van der Waals surface area contributed by atoms with Crippen LogP contribution in [0.15, 0.2) is 12.4 Å². The number of hydrogen-bond acceptors (Lipinski definition) is 5. The van der Waals surface area contributed by atoms with E-state index in [4.69, 9.17) is 9.47 Å². The second-order valence-corrected chi connectivity index (χ2v) is 8.11. The van der Waals surface area contributed by atoms with E-state index in [0.29, 0.717) is 25.7 Å². The minimum atomic E-state index is 0.0580. The first kappa shape index (κ1) is 17.9. The largest absolute Gasteiger partial charge is 0.381 e. The zero-order valence-corrected chi connectivity index (χ0v) is 15.7. The fourth-order valence-corrected chi connectivity index (χ4v) is 4.54. The van der Waals surface area contributed by atoms with Gasteiger partial charge in [0.15, 0.2) is 0 Å². The summed E-state index contributed by atoms with van der Waals surface area (Å²) in [7, 11) is 2.04. The molecule has 0 radical (unpaired) electrons. The fourth-order valence-electron chi connectivity index (χ4n) is 4.54. The monoisotopic (exact) mass is 362 g/mol. The Morgan fingerprint density at radius 3 is 2.85 bits per heavy atom. The summed E-state index contributed by atoms with van der Waals surface area (Å²) in [4.78, 5) is 22.0. The number of imidazole rings is 1. The molecular weight excluding hydrogens is 332 g/mol. The SMILES string of the molecule is Cn1ccnc1CN1CC[C@@]2(COCCN(C(=O)C3CCOCC3)C2)C1. The van der Waals surface area contributed by atoms with Crippen LogP contribution in [-0.2, 0) is 27.9 Å². The van der Waals surface area contributed by atoms with Crippen molar-refractivity contribution in [1.29, 1.82) is 0 Å². The maximum atomic E-state index is 13.0. The molecule has 4 rings (SSSR count). The molecule has 26 heavy (non-hydrogen) atoms. The van der Waals surface area contributed by atoms with Gasteiger partial charge in [-0.05, 0) is 25.8 Å². The summed E-state index contributed by atoms with van der Waals surface area (Å²) in [5.74, 6) is 1.52. The third-order valence-electron chi connectivity index (χ3n) is 6.13. The Balaban J connectivity index is 1.40. The van der Waals surface area contributed by atoms with Gasteiger partial charge in [-0.1, -0.05) is 0 Å². The van der Waals surface area contributed by atoms with Gasteiger partial charge in [-0.15, -0.1) is 0 Å². The van der Waals surface area contributed by atoms with Crippen LogP contribution in [0.5, 0.6) is 0 Å². The van der Waals surface area contributed by atoms with Crippen molar-refractivity contribution in [1.82, 2.24) is 19.4 Å². The first-order valence-corrected chi connectivity index (χ1v) is 9.78. The van der Waals surface area contributed by atoms with Crippen LogP contribution < -0.4 is 0 Å². The van der Waals surface area contributed by atoms with E-state index < -0.39 is 0 Å². The molecule has 0 unspecified atom stereocenters. The van der Waals surface area contributed by atoms with Crippen molar-refractivity contribution >= 4 is 5.91 Å². The van der Waals surface area contributed by atoms with E-state index in [9.17, 15) is 4.79 Å². The molecule has 0 aliphatic carbocycles. The topological polar surface area (TPSA) is 59.8 Å². The molecule has 0 aromatic carbocycles. The van der Waals surface area contributed by atoms with Crippen molar-refractivity contribution in [2.24, 2.45) is 18.4 Å². The van der Waals surface area contributed by atoms with Gasteiger partial charge < -0.3 is 18.9 Å². The van der Waals surface area contributed by atoms with Gasteiger partial charge in [0.25, 0.3) is 0 Å². The predicted octanol–water partition coefficient (Wildman–Crippen LogP) is 0.898. The average molecular weight is 362 g/mol. The molecule has 1 spiro atoms. The molecule has 3 saturated heterocycles. The number of carbonyl (C=O) groups excluding carboxylic acids is 1. The molecule has 7 heteroatoms. The van der Waals surface area contributed by atoms with Crippen LogP contribution in [-0.4, -0.2) is 77.9 Å². The number of rotatable bonds is 3. The number of likely N-dealkylation sites (tertiary alicyclic amines) is 1. The van der Waals surface area contributed by atoms with Crippen molar-refractivity contribution in [3.05, 3.63) is 18.2 Å². The fraction of sp³-hybridized carbons (Fsp3) is 0.789. The first-order chi connectivity index (χ1) is 12.7. The molecule has 144 valence electrons. The van der Waals surface area contributed by atoms with E-state index in [1.54, 1.807) is 0 Å². The third-order valence-corrected chi connectivity index (χ3v) is 6.13. The van der Waals surface area contributed by atoms with Crippen LogP contribution in [0.2, 0.25) is 0 Å². The lowest BCUT2D eigenvalue weighted by Gasteiger charge is -2.34. The number of amides is 1. The molecule has 3 aliphatic heterocycles. The summed E-state index contributed by atoms with van der Waals surface area (Å²) in [6.45, 7) is 7.23. The molecule has 0 saturated carbocycles. The summed E-state index contributed by atoms with van der Waals surface area (Å²) in [6, 6.07) is 0. The quantitative estimate of drug-likeness (QED) is 0.800. The van der Waals surface area contributed by atoms with Gasteiger partial charge in [0.05, 0.1) is 19.8 Å². The van der Waals surface area contributed by atoms with Crippen LogP contribution in [0.25, 0.3) is 0 Å². The molecule has 1 aromatic rings. The highest BCUT2D eigenvalue weighted by molar-refractivity contribution is 5.79. The van der Waals surface area contributed by atoms with Crippen LogP contribution in [0.3, 0.4) is 0 Å². The Kier molecular flexibility index (Phi) is 5.29. The average Bonchev–Trinajstić information content (AvgIpc) is 3.17. The first-order valence-electron chi connectivity index (χ1n) is 9.78. The summed E-state index contributed by atoms with van der Waals surface area (Å²) < 4.78 is 13.4. The molecule has 3 fully saturated rings. The Morgan fingerprint density at radius 1 is 1.23 bits per heavy atom. The number of ether oxygens (including phenoxy) is 2. The van der Waals surface area contributed by atoms with Gasteiger partial charge >= 0.3 is 0 Å². The minimum absolute atomic E-state index is 0.0580. The molecule has 4 heterocycles. The summed E-state index contributed by atoms with van der Waals surface area (Å²) in [5.41, 5.74) is 0.0580. The molecule has 0 bridgehead atoms. The maximum Gasteiger partial charge on any atom is 0.225 e. The Bertz CT molecular complexity index is 628. The van der Waals surface area contributed by atoms with E-state index in [2.05, 4.69) is 19.4 Å². The highest BCUT2D eigenvalue weighted by atomic mass is 16.5. The van der Waals surface area contributed by atoms with Gasteiger partial charge in [-0.2, -0.15) is 0 Å². The van der Waals surface area contributed by atoms with E-state index in [1.807, 2.05) is 19.4 Å². The van der Waals surface area contributed by atoms with Crippen molar-refractivity contribution in [3.63, 3.8) is 0 Å². The van der Waals surface area contributed by atoms with E-state index in [1.165, 1.54) is 0 Å². The van der Waals surface area contributed by atoms with E-state index >= 15 is 0 Å². The van der Waals surface area contributed by atoms with Gasteiger partial charge in [-0.3, -0.25) is 9.69 Å². The zero-order valence-electron chi connectivity index (χ0n) is 15.7. The number of hydrogen-bond donors (Lipinski definition) is 0. The number of carbonyl (C=O) groups is 1.